The minimum atomic E-state index is -0.463. The Kier molecular flexibility index (Phi) is 7.11. The molecule has 0 saturated carbocycles. The summed E-state index contributed by atoms with van der Waals surface area (Å²) in [4.78, 5) is 26.2. The molecule has 1 aliphatic heterocycles. The highest BCUT2D eigenvalue weighted by atomic mass is 16.5. The van der Waals surface area contributed by atoms with E-state index in [1.54, 1.807) is 14.1 Å². The van der Waals surface area contributed by atoms with Crippen LogP contribution < -0.4 is 10.6 Å². The van der Waals surface area contributed by atoms with Gasteiger partial charge in [0.05, 0.1) is 19.1 Å². The van der Waals surface area contributed by atoms with Gasteiger partial charge in [-0.05, 0) is 18.9 Å². The van der Waals surface area contributed by atoms with Crippen LogP contribution in [0, 0.1) is 11.8 Å². The molecule has 3 unspecified atom stereocenters. The maximum Gasteiger partial charge on any atom is 0.244 e. The van der Waals surface area contributed by atoms with Crippen LogP contribution in [0.3, 0.4) is 0 Å². The number of carbonyl (C=O) groups excluding carboxylic acids is 2. The SMILES string of the molecule is CCNC1COCC1C(=O)NC(CC(C)C)C(=O)N(C)C. The minimum Gasteiger partial charge on any atom is -0.379 e. The second-order valence-corrected chi connectivity index (χ2v) is 6.23. The van der Waals surface area contributed by atoms with Crippen LogP contribution in [0.25, 0.3) is 0 Å². The molecule has 1 rings (SSSR count). The van der Waals surface area contributed by atoms with Crippen LogP contribution >= 0.6 is 0 Å². The van der Waals surface area contributed by atoms with E-state index in [0.717, 1.165) is 6.54 Å². The van der Waals surface area contributed by atoms with Crippen molar-refractivity contribution < 1.29 is 14.3 Å². The maximum atomic E-state index is 12.4. The Labute approximate surface area is 127 Å². The zero-order chi connectivity index (χ0) is 16.0. The Morgan fingerprint density at radius 3 is 2.48 bits per heavy atom. The molecule has 3 atom stereocenters. The van der Waals surface area contributed by atoms with E-state index < -0.39 is 6.04 Å². The van der Waals surface area contributed by atoms with Gasteiger partial charge in [0.25, 0.3) is 0 Å². The van der Waals surface area contributed by atoms with Gasteiger partial charge in [-0.2, -0.15) is 0 Å². The quantitative estimate of drug-likeness (QED) is 0.706. The molecule has 2 N–H and O–H groups in total. The van der Waals surface area contributed by atoms with Gasteiger partial charge >= 0.3 is 0 Å². The molecule has 21 heavy (non-hydrogen) atoms. The summed E-state index contributed by atoms with van der Waals surface area (Å²) in [5, 5.41) is 6.17. The van der Waals surface area contributed by atoms with Crippen LogP contribution in [-0.4, -0.2) is 62.7 Å². The van der Waals surface area contributed by atoms with Gasteiger partial charge in [0, 0.05) is 20.1 Å². The Hall–Kier alpha value is -1.14. The minimum absolute atomic E-state index is 0.0316. The number of hydrogen-bond donors (Lipinski definition) is 2. The molecule has 0 aromatic heterocycles. The van der Waals surface area contributed by atoms with Gasteiger partial charge in [0.2, 0.25) is 11.8 Å². The van der Waals surface area contributed by atoms with Gasteiger partial charge in [0.15, 0.2) is 0 Å². The van der Waals surface area contributed by atoms with E-state index in [1.165, 1.54) is 4.90 Å². The van der Waals surface area contributed by atoms with Crippen molar-refractivity contribution in [2.45, 2.75) is 39.3 Å². The first kappa shape index (κ1) is 17.9. The number of nitrogens with zero attached hydrogens (tertiary/aromatic N) is 1. The summed E-state index contributed by atoms with van der Waals surface area (Å²) in [6, 6.07) is -0.431. The highest BCUT2D eigenvalue weighted by Gasteiger charge is 2.35. The van der Waals surface area contributed by atoms with Crippen molar-refractivity contribution in [1.29, 1.82) is 0 Å². The van der Waals surface area contributed by atoms with E-state index in [-0.39, 0.29) is 23.8 Å². The standard InChI is InChI=1S/C15H29N3O3/c1-6-16-13-9-21-8-11(13)14(19)17-12(7-10(2)3)15(20)18(4)5/h10-13,16H,6-9H2,1-5H3,(H,17,19). The first-order valence-electron chi connectivity index (χ1n) is 7.69. The lowest BCUT2D eigenvalue weighted by atomic mass is 9.99. The molecule has 1 aliphatic rings. The molecule has 1 fully saturated rings. The van der Waals surface area contributed by atoms with Gasteiger partial charge in [0.1, 0.15) is 6.04 Å². The Bertz CT molecular complexity index is 358. The molecule has 0 radical (unpaired) electrons. The molecule has 0 bridgehead atoms. The molecular formula is C15H29N3O3. The number of rotatable bonds is 7. The fraction of sp³-hybridized carbons (Fsp3) is 0.867. The molecule has 6 nitrogen and oxygen atoms in total. The molecule has 1 heterocycles. The second kappa shape index (κ2) is 8.34. The molecule has 6 heteroatoms. The number of amides is 2. The van der Waals surface area contributed by atoms with Gasteiger partial charge in [-0.15, -0.1) is 0 Å². The lowest BCUT2D eigenvalue weighted by Crippen LogP contribution is -2.51. The highest BCUT2D eigenvalue weighted by molar-refractivity contribution is 5.88. The van der Waals surface area contributed by atoms with E-state index >= 15 is 0 Å². The van der Waals surface area contributed by atoms with Crippen LogP contribution in [0.1, 0.15) is 27.2 Å². The first-order valence-corrected chi connectivity index (χ1v) is 7.69. The fourth-order valence-corrected chi connectivity index (χ4v) is 2.56. The van der Waals surface area contributed by atoms with Crippen molar-refractivity contribution in [2.75, 3.05) is 33.9 Å². The molecule has 2 amide bonds. The summed E-state index contributed by atoms with van der Waals surface area (Å²) >= 11 is 0. The van der Waals surface area contributed by atoms with Crippen LogP contribution in [0.5, 0.6) is 0 Å². The third-order valence-corrected chi connectivity index (χ3v) is 3.65. The zero-order valence-electron chi connectivity index (χ0n) is 13.8. The molecular weight excluding hydrogens is 270 g/mol. The summed E-state index contributed by atoms with van der Waals surface area (Å²) in [6.07, 6.45) is 0.641. The predicted octanol–water partition coefficient (Wildman–Crippen LogP) is 0.230. The monoisotopic (exact) mass is 299 g/mol. The Morgan fingerprint density at radius 1 is 1.29 bits per heavy atom. The summed E-state index contributed by atoms with van der Waals surface area (Å²) < 4.78 is 5.40. The van der Waals surface area contributed by atoms with Crippen LogP contribution in [-0.2, 0) is 14.3 Å². The van der Waals surface area contributed by atoms with Crippen molar-refractivity contribution in [3.05, 3.63) is 0 Å². The first-order chi connectivity index (χ1) is 9.86. The lowest BCUT2D eigenvalue weighted by Gasteiger charge is -2.25. The molecule has 0 aromatic rings. The van der Waals surface area contributed by atoms with E-state index in [4.69, 9.17) is 4.74 Å². The number of ether oxygens (including phenoxy) is 1. The summed E-state index contributed by atoms with van der Waals surface area (Å²) in [5.41, 5.74) is 0. The maximum absolute atomic E-state index is 12.4. The van der Waals surface area contributed by atoms with Crippen LogP contribution in [0.15, 0.2) is 0 Å². The predicted molar refractivity (Wildman–Crippen MR) is 81.9 cm³/mol. The summed E-state index contributed by atoms with van der Waals surface area (Å²) in [6.45, 7) is 7.84. The third kappa shape index (κ3) is 5.28. The molecule has 122 valence electrons. The van der Waals surface area contributed by atoms with Crippen molar-refractivity contribution >= 4 is 11.8 Å². The largest absolute Gasteiger partial charge is 0.379 e. The fourth-order valence-electron chi connectivity index (χ4n) is 2.56. The van der Waals surface area contributed by atoms with Crippen LogP contribution in [0.4, 0.5) is 0 Å². The molecule has 1 saturated heterocycles. The van der Waals surface area contributed by atoms with Crippen molar-refractivity contribution in [3.63, 3.8) is 0 Å². The van der Waals surface area contributed by atoms with E-state index in [2.05, 4.69) is 10.6 Å². The highest BCUT2D eigenvalue weighted by Crippen LogP contribution is 2.15. The molecule has 0 spiro atoms. The van der Waals surface area contributed by atoms with Gasteiger partial charge in [-0.3, -0.25) is 9.59 Å². The third-order valence-electron chi connectivity index (χ3n) is 3.65. The summed E-state index contributed by atoms with van der Waals surface area (Å²) in [5.74, 6) is -0.0477. The average molecular weight is 299 g/mol. The second-order valence-electron chi connectivity index (χ2n) is 6.23. The Balaban J connectivity index is 2.68. The average Bonchev–Trinajstić information content (AvgIpc) is 2.85. The van der Waals surface area contributed by atoms with E-state index in [1.807, 2.05) is 20.8 Å². The smallest absolute Gasteiger partial charge is 0.244 e. The number of nitrogens with one attached hydrogen (secondary N) is 2. The zero-order valence-corrected chi connectivity index (χ0v) is 13.8. The van der Waals surface area contributed by atoms with Gasteiger partial charge < -0.3 is 20.3 Å². The lowest BCUT2D eigenvalue weighted by molar-refractivity contribution is -0.136. The molecule has 0 aliphatic carbocycles. The summed E-state index contributed by atoms with van der Waals surface area (Å²) in [7, 11) is 3.42. The number of hydrogen-bond acceptors (Lipinski definition) is 4. The van der Waals surface area contributed by atoms with E-state index in [9.17, 15) is 9.59 Å². The Morgan fingerprint density at radius 2 is 1.95 bits per heavy atom. The van der Waals surface area contributed by atoms with Gasteiger partial charge in [-0.1, -0.05) is 20.8 Å². The van der Waals surface area contributed by atoms with E-state index in [0.29, 0.717) is 25.6 Å². The van der Waals surface area contributed by atoms with Crippen molar-refractivity contribution in [1.82, 2.24) is 15.5 Å². The number of likely N-dealkylation sites (N-methyl/N-ethyl adjacent to an activating group) is 2. The van der Waals surface area contributed by atoms with Gasteiger partial charge in [-0.25, -0.2) is 0 Å². The van der Waals surface area contributed by atoms with Crippen LogP contribution in [0.2, 0.25) is 0 Å². The van der Waals surface area contributed by atoms with Crippen molar-refractivity contribution in [3.8, 4) is 0 Å². The topological polar surface area (TPSA) is 70.7 Å². The number of carbonyl (C=O) groups is 2. The normalized spacial score (nSPS) is 23.1. The molecule has 0 aromatic carbocycles. The van der Waals surface area contributed by atoms with Crippen molar-refractivity contribution in [2.24, 2.45) is 11.8 Å².